The Morgan fingerprint density at radius 2 is 0.769 bits per heavy atom. The molecule has 10 aromatic carbocycles. The highest BCUT2D eigenvalue weighted by Crippen LogP contribution is 2.56. The molecule has 0 unspecified atom stereocenters. The molecule has 0 radical (unpaired) electrons. The molecule has 0 atom stereocenters. The lowest BCUT2D eigenvalue weighted by Gasteiger charge is -2.36. The van der Waals surface area contributed by atoms with Crippen LogP contribution in [0.2, 0.25) is 0 Å². The van der Waals surface area contributed by atoms with Gasteiger partial charge in [-0.2, -0.15) is 0 Å². The van der Waals surface area contributed by atoms with E-state index >= 15 is 0 Å². The van der Waals surface area contributed by atoms with Gasteiger partial charge < -0.3 is 0 Å². The first kappa shape index (κ1) is 28.9. The van der Waals surface area contributed by atoms with Gasteiger partial charge in [0, 0.05) is 5.41 Å². The number of benzene rings is 10. The SMILES string of the molecule is c1cc2ccc3ccc(Cc4ccc5c(c4)C4(CCCCC4)c4cc(Cc6ccc7ccc8cccc9ccc6c7c89)ccc4-5)c4ccc(c1)c2c34. The van der Waals surface area contributed by atoms with Gasteiger partial charge in [0.1, 0.15) is 0 Å². The van der Waals surface area contributed by atoms with Crippen LogP contribution in [-0.4, -0.2) is 0 Å². The van der Waals surface area contributed by atoms with E-state index < -0.39 is 0 Å². The normalized spacial score (nSPS) is 15.2. The molecule has 10 aromatic rings. The van der Waals surface area contributed by atoms with Crippen LogP contribution in [0.5, 0.6) is 0 Å². The van der Waals surface area contributed by atoms with E-state index in [-0.39, 0.29) is 5.41 Å². The zero-order valence-electron chi connectivity index (χ0n) is 29.3. The molecule has 2 aliphatic carbocycles. The van der Waals surface area contributed by atoms with Gasteiger partial charge in [-0.05, 0) is 135 Å². The predicted octanol–water partition coefficient (Wildman–Crippen LogP) is 13.9. The standard InChI is InChI=1S/C52H38/c1-2-26-52(27-3-1)46-30-32(28-40-18-16-38-14-12-34-6-4-8-36-20-24-42(40)50(38)48(34)36)10-22-44(46)45-23-11-33(31-47(45)52)29-41-19-17-39-15-13-35-7-5-9-37-21-25-43(41)51(39)49(35)37/h4-25,30-31H,1-3,26-29H2. The molecule has 0 aromatic heterocycles. The fourth-order valence-corrected chi connectivity index (χ4v) is 10.8. The van der Waals surface area contributed by atoms with Crippen LogP contribution in [0.3, 0.4) is 0 Å². The number of hydrogen-bond acceptors (Lipinski definition) is 0. The van der Waals surface area contributed by atoms with Crippen LogP contribution in [-0.2, 0) is 18.3 Å². The van der Waals surface area contributed by atoms with Crippen LogP contribution >= 0.6 is 0 Å². The van der Waals surface area contributed by atoms with Gasteiger partial charge in [0.2, 0.25) is 0 Å². The van der Waals surface area contributed by atoms with Crippen LogP contribution in [0, 0.1) is 0 Å². The van der Waals surface area contributed by atoms with Crippen LogP contribution in [0.1, 0.15) is 65.5 Å². The minimum atomic E-state index is 0.111. The van der Waals surface area contributed by atoms with Gasteiger partial charge in [0.25, 0.3) is 0 Å². The maximum absolute atomic E-state index is 2.61. The molecular formula is C52H38. The zero-order valence-corrected chi connectivity index (χ0v) is 29.3. The van der Waals surface area contributed by atoms with Crippen molar-refractivity contribution in [2.75, 3.05) is 0 Å². The van der Waals surface area contributed by atoms with Crippen molar-refractivity contribution < 1.29 is 0 Å². The Kier molecular flexibility index (Phi) is 5.93. The summed E-state index contributed by atoms with van der Waals surface area (Å²) in [6.07, 6.45) is 8.35. The maximum Gasteiger partial charge on any atom is 0.0215 e. The summed E-state index contributed by atoms with van der Waals surface area (Å²) in [6.45, 7) is 0. The first-order valence-corrected chi connectivity index (χ1v) is 19.3. The van der Waals surface area contributed by atoms with E-state index in [1.165, 1.54) is 130 Å². The van der Waals surface area contributed by atoms with Crippen LogP contribution in [0.4, 0.5) is 0 Å². The number of fused-ring (bicyclic) bond motifs is 5. The Morgan fingerprint density at radius 3 is 1.23 bits per heavy atom. The van der Waals surface area contributed by atoms with Gasteiger partial charge in [-0.1, -0.05) is 165 Å². The third-order valence-electron chi connectivity index (χ3n) is 13.2. The molecule has 2 aliphatic rings. The number of hydrogen-bond donors (Lipinski definition) is 0. The summed E-state index contributed by atoms with van der Waals surface area (Å²) < 4.78 is 0. The third-order valence-corrected chi connectivity index (χ3v) is 13.2. The molecule has 0 aliphatic heterocycles. The van der Waals surface area contributed by atoms with Crippen molar-refractivity contribution in [1.82, 2.24) is 0 Å². The molecule has 0 amide bonds. The lowest BCUT2D eigenvalue weighted by Crippen LogP contribution is -2.28. The van der Waals surface area contributed by atoms with Crippen molar-refractivity contribution >= 4 is 64.6 Å². The Labute approximate surface area is 304 Å². The van der Waals surface area contributed by atoms with Crippen LogP contribution < -0.4 is 0 Å². The van der Waals surface area contributed by atoms with Gasteiger partial charge >= 0.3 is 0 Å². The van der Waals surface area contributed by atoms with Gasteiger partial charge in [0.15, 0.2) is 0 Å². The van der Waals surface area contributed by atoms with Crippen molar-refractivity contribution in [3.05, 3.63) is 179 Å². The molecule has 0 nitrogen and oxygen atoms in total. The average molecular weight is 663 g/mol. The minimum Gasteiger partial charge on any atom is -0.0610 e. The van der Waals surface area contributed by atoms with E-state index in [1.54, 1.807) is 11.1 Å². The van der Waals surface area contributed by atoms with E-state index in [9.17, 15) is 0 Å². The van der Waals surface area contributed by atoms with Crippen molar-refractivity contribution in [2.24, 2.45) is 0 Å². The summed E-state index contributed by atoms with van der Waals surface area (Å²) in [6, 6.07) is 56.4. The summed E-state index contributed by atoms with van der Waals surface area (Å²) in [5.74, 6) is 0. The van der Waals surface area contributed by atoms with Crippen molar-refractivity contribution in [3.63, 3.8) is 0 Å². The monoisotopic (exact) mass is 662 g/mol. The highest BCUT2D eigenvalue weighted by Gasteiger charge is 2.44. The Morgan fingerprint density at radius 1 is 0.365 bits per heavy atom. The topological polar surface area (TPSA) is 0 Å². The van der Waals surface area contributed by atoms with E-state index in [4.69, 9.17) is 0 Å². The number of rotatable bonds is 4. The first-order chi connectivity index (χ1) is 25.7. The lowest BCUT2D eigenvalue weighted by molar-refractivity contribution is 0.352. The summed E-state index contributed by atoms with van der Waals surface area (Å²) in [4.78, 5) is 0. The summed E-state index contributed by atoms with van der Waals surface area (Å²) in [7, 11) is 0. The second-order valence-electron chi connectivity index (χ2n) is 15.9. The Balaban J connectivity index is 0.946. The molecule has 1 spiro atoms. The molecule has 0 heterocycles. The lowest BCUT2D eigenvalue weighted by atomic mass is 9.67. The average Bonchev–Trinajstić information content (AvgIpc) is 3.44. The van der Waals surface area contributed by atoms with E-state index in [0.717, 1.165) is 12.8 Å². The molecule has 0 bridgehead atoms. The van der Waals surface area contributed by atoms with Crippen molar-refractivity contribution in [3.8, 4) is 11.1 Å². The van der Waals surface area contributed by atoms with Crippen LogP contribution in [0.15, 0.2) is 146 Å². The fraction of sp³-hybridized carbons (Fsp3) is 0.154. The van der Waals surface area contributed by atoms with E-state index in [0.29, 0.717) is 0 Å². The smallest absolute Gasteiger partial charge is 0.0215 e. The molecule has 0 saturated heterocycles. The van der Waals surface area contributed by atoms with Crippen molar-refractivity contribution in [1.29, 1.82) is 0 Å². The van der Waals surface area contributed by atoms with Gasteiger partial charge in [-0.15, -0.1) is 0 Å². The summed E-state index contributed by atoms with van der Waals surface area (Å²) in [5.41, 5.74) is 11.9. The molecule has 0 heteroatoms. The maximum atomic E-state index is 2.61. The van der Waals surface area contributed by atoms with Crippen molar-refractivity contribution in [2.45, 2.75) is 50.4 Å². The quantitative estimate of drug-likeness (QED) is 0.165. The third kappa shape index (κ3) is 3.98. The molecule has 1 fully saturated rings. The van der Waals surface area contributed by atoms with Gasteiger partial charge in [-0.25, -0.2) is 0 Å². The molecule has 12 rings (SSSR count). The Hall–Kier alpha value is -5.72. The summed E-state index contributed by atoms with van der Waals surface area (Å²) in [5, 5.41) is 16.5. The molecular weight excluding hydrogens is 625 g/mol. The molecule has 1 saturated carbocycles. The highest BCUT2D eigenvalue weighted by atomic mass is 14.5. The van der Waals surface area contributed by atoms with Crippen LogP contribution in [0.25, 0.3) is 75.8 Å². The second-order valence-corrected chi connectivity index (χ2v) is 15.9. The zero-order chi connectivity index (χ0) is 34.0. The molecule has 246 valence electrons. The molecule has 52 heavy (non-hydrogen) atoms. The van der Waals surface area contributed by atoms with Gasteiger partial charge in [-0.3, -0.25) is 0 Å². The molecule has 0 N–H and O–H groups in total. The predicted molar refractivity (Wildman–Crippen MR) is 222 cm³/mol. The fourth-order valence-electron chi connectivity index (χ4n) is 10.8. The van der Waals surface area contributed by atoms with Gasteiger partial charge in [0.05, 0.1) is 0 Å². The second kappa shape index (κ2) is 10.7. The Bertz CT molecular complexity index is 2810. The van der Waals surface area contributed by atoms with E-state index in [1.807, 2.05) is 0 Å². The largest absolute Gasteiger partial charge is 0.0610 e. The van der Waals surface area contributed by atoms with E-state index in [2.05, 4.69) is 146 Å². The first-order valence-electron chi connectivity index (χ1n) is 19.3. The minimum absolute atomic E-state index is 0.111. The summed E-state index contributed by atoms with van der Waals surface area (Å²) >= 11 is 0. The highest BCUT2D eigenvalue weighted by molar-refractivity contribution is 6.24.